The minimum Gasteiger partial charge on any atom is -0.448 e. The van der Waals surface area contributed by atoms with E-state index in [2.05, 4.69) is 0 Å². The molecule has 1 aromatic carbocycles. The number of carbonyl (C=O) groups is 2. The number of hydrogen-bond acceptors (Lipinski definition) is 3. The van der Waals surface area contributed by atoms with E-state index in [1.807, 2.05) is 0 Å². The molecule has 0 radical (unpaired) electrons. The van der Waals surface area contributed by atoms with Gasteiger partial charge < -0.3 is 14.2 Å². The van der Waals surface area contributed by atoms with Crippen molar-refractivity contribution in [3.8, 4) is 0 Å². The van der Waals surface area contributed by atoms with Crippen molar-refractivity contribution in [2.45, 2.75) is 26.3 Å². The minimum atomic E-state index is -0.472. The molecule has 0 N–H and O–H groups in total. The molecular weight excluding hydrogens is 299 g/mol. The van der Waals surface area contributed by atoms with E-state index in [4.69, 9.17) is 4.42 Å². The van der Waals surface area contributed by atoms with Gasteiger partial charge in [-0.1, -0.05) is 12.1 Å². The van der Waals surface area contributed by atoms with Gasteiger partial charge >= 0.3 is 0 Å². The number of amides is 2. The highest BCUT2D eigenvalue weighted by Crippen LogP contribution is 2.29. The van der Waals surface area contributed by atoms with Crippen LogP contribution in [0.25, 0.3) is 11.0 Å². The molecule has 6 heteroatoms. The first-order valence-electron chi connectivity index (χ1n) is 7.60. The van der Waals surface area contributed by atoms with Crippen LogP contribution in [0.2, 0.25) is 0 Å². The van der Waals surface area contributed by atoms with E-state index in [0.717, 1.165) is 6.42 Å². The van der Waals surface area contributed by atoms with Gasteiger partial charge in [0.15, 0.2) is 17.2 Å². The van der Waals surface area contributed by atoms with Gasteiger partial charge in [-0.2, -0.15) is 0 Å². The Morgan fingerprint density at radius 3 is 2.78 bits per heavy atom. The van der Waals surface area contributed by atoms with Crippen LogP contribution in [0.15, 0.2) is 22.6 Å². The molecule has 0 spiro atoms. The van der Waals surface area contributed by atoms with Crippen LogP contribution in [-0.4, -0.2) is 47.8 Å². The summed E-state index contributed by atoms with van der Waals surface area (Å²) in [5, 5.41) is 0.616. The number of carbonyl (C=O) groups excluding carboxylic acids is 2. The van der Waals surface area contributed by atoms with Crippen molar-refractivity contribution in [2.24, 2.45) is 0 Å². The zero-order valence-electron chi connectivity index (χ0n) is 13.4. The molecule has 1 atom stereocenters. The second kappa shape index (κ2) is 5.68. The Labute approximate surface area is 133 Å². The zero-order chi connectivity index (χ0) is 16.7. The van der Waals surface area contributed by atoms with Crippen molar-refractivity contribution in [1.29, 1.82) is 0 Å². The van der Waals surface area contributed by atoms with Crippen molar-refractivity contribution < 1.29 is 18.4 Å². The molecule has 1 aliphatic rings. The fourth-order valence-electron chi connectivity index (χ4n) is 3.06. The van der Waals surface area contributed by atoms with Crippen LogP contribution in [0.4, 0.5) is 4.39 Å². The Morgan fingerprint density at radius 2 is 2.13 bits per heavy atom. The summed E-state index contributed by atoms with van der Waals surface area (Å²) >= 11 is 0. The van der Waals surface area contributed by atoms with Crippen LogP contribution in [0.5, 0.6) is 0 Å². The number of hydrogen-bond donors (Lipinski definition) is 0. The fraction of sp³-hybridized carbons (Fsp3) is 0.412. The number of nitrogens with zero attached hydrogens (tertiary/aromatic N) is 2. The maximum absolute atomic E-state index is 13.8. The number of halogens is 1. The average Bonchev–Trinajstić information content (AvgIpc) is 3.12. The summed E-state index contributed by atoms with van der Waals surface area (Å²) in [4.78, 5) is 27.5. The van der Waals surface area contributed by atoms with E-state index in [9.17, 15) is 14.0 Å². The second-order valence-corrected chi connectivity index (χ2v) is 6.00. The Balaban J connectivity index is 1.86. The van der Waals surface area contributed by atoms with Gasteiger partial charge in [0.2, 0.25) is 5.91 Å². The fourth-order valence-corrected chi connectivity index (χ4v) is 3.06. The number of para-hydroxylation sites is 1. The summed E-state index contributed by atoms with van der Waals surface area (Å²) in [7, 11) is 1.74. The third-order valence-electron chi connectivity index (χ3n) is 4.60. The molecule has 2 amide bonds. The molecular formula is C17H19FN2O3. The quantitative estimate of drug-likeness (QED) is 0.855. The molecule has 0 saturated carbocycles. The second-order valence-electron chi connectivity index (χ2n) is 6.00. The van der Waals surface area contributed by atoms with Crippen molar-refractivity contribution in [3.05, 3.63) is 35.3 Å². The number of benzene rings is 1. The topological polar surface area (TPSA) is 53.8 Å². The summed E-state index contributed by atoms with van der Waals surface area (Å²) in [5.74, 6) is -0.569. The Morgan fingerprint density at radius 1 is 1.39 bits per heavy atom. The van der Waals surface area contributed by atoms with E-state index in [1.165, 1.54) is 13.0 Å². The summed E-state index contributed by atoms with van der Waals surface area (Å²) in [6.07, 6.45) is 0.732. The lowest BCUT2D eigenvalue weighted by atomic mass is 10.1. The monoisotopic (exact) mass is 318 g/mol. The van der Waals surface area contributed by atoms with E-state index < -0.39 is 5.82 Å². The van der Waals surface area contributed by atoms with Gasteiger partial charge in [-0.3, -0.25) is 9.59 Å². The standard InChI is InChI=1S/C17H19FN2O3/c1-10-13-5-4-6-14(18)16(13)23-15(10)17(22)20-8-7-12(9-20)19(3)11(2)21/h4-6,12H,7-9H2,1-3H3. The summed E-state index contributed by atoms with van der Waals surface area (Å²) in [6, 6.07) is 4.66. The zero-order valence-corrected chi connectivity index (χ0v) is 13.4. The molecule has 1 aliphatic heterocycles. The van der Waals surface area contributed by atoms with Gasteiger partial charge in [0, 0.05) is 38.0 Å². The normalized spacial score (nSPS) is 17.7. The molecule has 122 valence electrons. The van der Waals surface area contributed by atoms with Crippen molar-refractivity contribution in [3.63, 3.8) is 0 Å². The Kier molecular flexibility index (Phi) is 3.83. The van der Waals surface area contributed by atoms with Gasteiger partial charge in [0.25, 0.3) is 5.91 Å². The summed E-state index contributed by atoms with van der Waals surface area (Å²) in [6.45, 7) is 4.29. The lowest BCUT2D eigenvalue weighted by molar-refractivity contribution is -0.129. The first kappa shape index (κ1) is 15.5. The molecule has 1 aromatic heterocycles. The molecule has 5 nitrogen and oxygen atoms in total. The lowest BCUT2D eigenvalue weighted by Crippen LogP contribution is -2.38. The van der Waals surface area contributed by atoms with Gasteiger partial charge in [0.05, 0.1) is 6.04 Å². The van der Waals surface area contributed by atoms with Crippen LogP contribution in [0, 0.1) is 12.7 Å². The van der Waals surface area contributed by atoms with Crippen molar-refractivity contribution in [2.75, 3.05) is 20.1 Å². The predicted molar refractivity (Wildman–Crippen MR) is 83.7 cm³/mol. The number of likely N-dealkylation sites (N-methyl/N-ethyl adjacent to an activating group) is 1. The molecule has 1 fully saturated rings. The van der Waals surface area contributed by atoms with Gasteiger partial charge in [-0.05, 0) is 19.4 Å². The van der Waals surface area contributed by atoms with Crippen LogP contribution in [0.1, 0.15) is 29.5 Å². The van der Waals surface area contributed by atoms with E-state index in [1.54, 1.807) is 35.9 Å². The highest BCUT2D eigenvalue weighted by atomic mass is 19.1. The number of rotatable bonds is 2. The van der Waals surface area contributed by atoms with E-state index >= 15 is 0 Å². The minimum absolute atomic E-state index is 0.0119. The number of furan rings is 1. The molecule has 23 heavy (non-hydrogen) atoms. The smallest absolute Gasteiger partial charge is 0.289 e. The average molecular weight is 318 g/mol. The van der Waals surface area contributed by atoms with Crippen LogP contribution < -0.4 is 0 Å². The Hall–Kier alpha value is -2.37. The molecule has 3 rings (SSSR count). The summed E-state index contributed by atoms with van der Waals surface area (Å²) in [5.41, 5.74) is 0.762. The maximum atomic E-state index is 13.8. The highest BCUT2D eigenvalue weighted by Gasteiger charge is 2.33. The van der Waals surface area contributed by atoms with Crippen molar-refractivity contribution >= 4 is 22.8 Å². The maximum Gasteiger partial charge on any atom is 0.289 e. The third-order valence-corrected chi connectivity index (χ3v) is 4.60. The first-order chi connectivity index (χ1) is 10.9. The molecule has 1 unspecified atom stereocenters. The summed E-state index contributed by atoms with van der Waals surface area (Å²) < 4.78 is 19.3. The van der Waals surface area contributed by atoms with E-state index in [0.29, 0.717) is 24.0 Å². The molecule has 0 aliphatic carbocycles. The van der Waals surface area contributed by atoms with Crippen LogP contribution in [0.3, 0.4) is 0 Å². The van der Waals surface area contributed by atoms with E-state index in [-0.39, 0.29) is 29.2 Å². The largest absolute Gasteiger partial charge is 0.448 e. The number of fused-ring (bicyclic) bond motifs is 1. The lowest BCUT2D eigenvalue weighted by Gasteiger charge is -2.23. The van der Waals surface area contributed by atoms with Gasteiger partial charge in [-0.25, -0.2) is 4.39 Å². The van der Waals surface area contributed by atoms with Gasteiger partial charge in [0.1, 0.15) is 0 Å². The molecule has 2 heterocycles. The molecule has 0 bridgehead atoms. The van der Waals surface area contributed by atoms with Crippen LogP contribution in [-0.2, 0) is 4.79 Å². The third kappa shape index (κ3) is 2.58. The van der Waals surface area contributed by atoms with Gasteiger partial charge in [-0.15, -0.1) is 0 Å². The SMILES string of the molecule is CC(=O)N(C)C1CCN(C(=O)c2oc3c(F)cccc3c2C)C1. The number of likely N-dealkylation sites (tertiary alicyclic amines) is 1. The first-order valence-corrected chi connectivity index (χ1v) is 7.60. The Bertz CT molecular complexity index is 783. The van der Waals surface area contributed by atoms with Crippen LogP contribution >= 0.6 is 0 Å². The highest BCUT2D eigenvalue weighted by molar-refractivity contribution is 5.99. The van der Waals surface area contributed by atoms with Crippen molar-refractivity contribution in [1.82, 2.24) is 9.80 Å². The predicted octanol–water partition coefficient (Wildman–Crippen LogP) is 2.57. The number of aryl methyl sites for hydroxylation is 1. The molecule has 1 saturated heterocycles. The molecule has 2 aromatic rings.